The molecule has 8 nitrogen and oxygen atoms in total. The van der Waals surface area contributed by atoms with Crippen molar-refractivity contribution in [1.82, 2.24) is 9.97 Å². The molecular formula is C23H30N2O6. The van der Waals surface area contributed by atoms with Gasteiger partial charge in [0.15, 0.2) is 12.6 Å². The number of carbonyl (C=O) groups is 4. The Morgan fingerprint density at radius 1 is 0.774 bits per heavy atom. The minimum absolute atomic E-state index is 0.205. The van der Waals surface area contributed by atoms with Crippen LogP contribution in [0.25, 0.3) is 0 Å². The van der Waals surface area contributed by atoms with Gasteiger partial charge in [-0.15, -0.1) is 0 Å². The molecule has 0 aliphatic heterocycles. The summed E-state index contributed by atoms with van der Waals surface area (Å²) in [4.78, 5) is 52.9. The Labute approximate surface area is 181 Å². The zero-order chi connectivity index (χ0) is 23.0. The van der Waals surface area contributed by atoms with Crippen molar-refractivity contribution in [2.75, 3.05) is 13.2 Å². The standard InChI is InChI=1S/C23H30N2O6/c1-5-30-22(28)9-7-16-14(3)20(12-26)24-18(16)11-19-17(8-10-23(29)31-6-2)15(4)21(13-27)25-19/h12-13,24-25H,5-11H2,1-4H3. The van der Waals surface area contributed by atoms with E-state index >= 15 is 0 Å². The first-order valence-electron chi connectivity index (χ1n) is 10.5. The average molecular weight is 431 g/mol. The Morgan fingerprint density at radius 3 is 1.48 bits per heavy atom. The van der Waals surface area contributed by atoms with Crippen molar-refractivity contribution in [3.05, 3.63) is 45.0 Å². The summed E-state index contributed by atoms with van der Waals surface area (Å²) >= 11 is 0. The largest absolute Gasteiger partial charge is 0.466 e. The minimum atomic E-state index is -0.296. The van der Waals surface area contributed by atoms with Gasteiger partial charge in [-0.25, -0.2) is 0 Å². The van der Waals surface area contributed by atoms with Crippen LogP contribution in [-0.4, -0.2) is 47.7 Å². The third kappa shape index (κ3) is 5.93. The molecule has 0 saturated carbocycles. The lowest BCUT2D eigenvalue weighted by Gasteiger charge is -2.08. The fraction of sp³-hybridized carbons (Fsp3) is 0.478. The van der Waals surface area contributed by atoms with E-state index in [0.717, 1.165) is 46.2 Å². The first-order valence-corrected chi connectivity index (χ1v) is 10.5. The highest BCUT2D eigenvalue weighted by atomic mass is 16.5. The summed E-state index contributed by atoms with van der Waals surface area (Å²) in [7, 11) is 0. The molecule has 0 unspecified atom stereocenters. The van der Waals surface area contributed by atoms with Crippen LogP contribution in [0.4, 0.5) is 0 Å². The van der Waals surface area contributed by atoms with E-state index in [1.165, 1.54) is 0 Å². The molecule has 0 atom stereocenters. The Balaban J connectivity index is 2.34. The fourth-order valence-corrected chi connectivity index (χ4v) is 3.75. The van der Waals surface area contributed by atoms with E-state index in [2.05, 4.69) is 9.97 Å². The third-order valence-electron chi connectivity index (χ3n) is 5.37. The summed E-state index contributed by atoms with van der Waals surface area (Å²) in [5, 5.41) is 0. The van der Waals surface area contributed by atoms with Crippen LogP contribution in [0.2, 0.25) is 0 Å². The molecule has 0 bridgehead atoms. The number of aldehydes is 2. The van der Waals surface area contributed by atoms with E-state index in [9.17, 15) is 19.2 Å². The number of hydrogen-bond acceptors (Lipinski definition) is 6. The molecule has 31 heavy (non-hydrogen) atoms. The maximum atomic E-state index is 11.8. The van der Waals surface area contributed by atoms with Crippen LogP contribution in [-0.2, 0) is 38.3 Å². The molecule has 0 spiro atoms. The van der Waals surface area contributed by atoms with Gasteiger partial charge >= 0.3 is 11.9 Å². The topological polar surface area (TPSA) is 118 Å². The monoisotopic (exact) mass is 430 g/mol. The molecule has 2 N–H and O–H groups in total. The Bertz CT molecular complexity index is 878. The zero-order valence-electron chi connectivity index (χ0n) is 18.6. The van der Waals surface area contributed by atoms with Crippen molar-refractivity contribution in [3.8, 4) is 0 Å². The lowest BCUT2D eigenvalue weighted by atomic mass is 9.98. The van der Waals surface area contributed by atoms with Gasteiger partial charge in [0, 0.05) is 30.7 Å². The maximum Gasteiger partial charge on any atom is 0.306 e. The van der Waals surface area contributed by atoms with Gasteiger partial charge in [-0.3, -0.25) is 19.2 Å². The van der Waals surface area contributed by atoms with Crippen LogP contribution in [0.1, 0.15) is 81.3 Å². The van der Waals surface area contributed by atoms with E-state index in [-0.39, 0.29) is 24.8 Å². The van der Waals surface area contributed by atoms with Crippen molar-refractivity contribution in [3.63, 3.8) is 0 Å². The molecule has 0 aromatic carbocycles. The lowest BCUT2D eigenvalue weighted by molar-refractivity contribution is -0.144. The number of nitrogens with one attached hydrogen (secondary N) is 2. The second kappa shape index (κ2) is 11.3. The number of aromatic nitrogens is 2. The molecule has 2 rings (SSSR count). The van der Waals surface area contributed by atoms with Crippen LogP contribution in [0.15, 0.2) is 0 Å². The van der Waals surface area contributed by atoms with E-state index in [1.54, 1.807) is 13.8 Å². The summed E-state index contributed by atoms with van der Waals surface area (Å²) in [5.74, 6) is -0.591. The Kier molecular flexibility index (Phi) is 8.78. The minimum Gasteiger partial charge on any atom is -0.466 e. The zero-order valence-corrected chi connectivity index (χ0v) is 18.6. The van der Waals surface area contributed by atoms with Crippen molar-refractivity contribution in [2.45, 2.75) is 59.8 Å². The molecule has 0 fully saturated rings. The number of rotatable bonds is 12. The van der Waals surface area contributed by atoms with Crippen molar-refractivity contribution in [1.29, 1.82) is 0 Å². The predicted molar refractivity (Wildman–Crippen MR) is 115 cm³/mol. The highest BCUT2D eigenvalue weighted by molar-refractivity contribution is 5.78. The summed E-state index contributed by atoms with van der Waals surface area (Å²) in [6, 6.07) is 0. The van der Waals surface area contributed by atoms with E-state index in [1.807, 2.05) is 13.8 Å². The molecule has 168 valence electrons. The maximum absolute atomic E-state index is 11.8. The second-order valence-corrected chi connectivity index (χ2v) is 7.26. The quantitative estimate of drug-likeness (QED) is 0.394. The molecule has 8 heteroatoms. The number of esters is 2. The second-order valence-electron chi connectivity index (χ2n) is 7.26. The Morgan fingerprint density at radius 2 is 1.16 bits per heavy atom. The van der Waals surface area contributed by atoms with Crippen LogP contribution in [0, 0.1) is 13.8 Å². The SMILES string of the molecule is CCOC(=O)CCc1c(Cc2[nH]c(C=O)c(C)c2CCC(=O)OCC)[nH]c(C=O)c1C. The van der Waals surface area contributed by atoms with Gasteiger partial charge in [0.2, 0.25) is 0 Å². The number of carbonyl (C=O) groups excluding carboxylic acids is 4. The average Bonchev–Trinajstić information content (AvgIpc) is 3.21. The van der Waals surface area contributed by atoms with Gasteiger partial charge in [-0.05, 0) is 62.8 Å². The molecule has 2 aromatic heterocycles. The Hall–Kier alpha value is -3.16. The summed E-state index contributed by atoms with van der Waals surface area (Å²) in [5.41, 5.74) is 5.85. The molecule has 0 saturated heterocycles. The smallest absolute Gasteiger partial charge is 0.306 e. The highest BCUT2D eigenvalue weighted by Crippen LogP contribution is 2.26. The van der Waals surface area contributed by atoms with E-state index in [0.29, 0.717) is 43.9 Å². The number of H-pyrrole nitrogens is 2. The van der Waals surface area contributed by atoms with Crippen LogP contribution in [0.3, 0.4) is 0 Å². The van der Waals surface area contributed by atoms with Gasteiger partial charge in [0.1, 0.15) is 0 Å². The molecule has 0 radical (unpaired) electrons. The van der Waals surface area contributed by atoms with Crippen molar-refractivity contribution < 1.29 is 28.7 Å². The normalized spacial score (nSPS) is 10.7. The van der Waals surface area contributed by atoms with E-state index in [4.69, 9.17) is 9.47 Å². The first-order chi connectivity index (χ1) is 14.9. The first kappa shape index (κ1) is 24.1. The molecule has 2 heterocycles. The van der Waals surface area contributed by atoms with Crippen LogP contribution < -0.4 is 0 Å². The number of hydrogen-bond donors (Lipinski definition) is 2. The molecule has 0 aliphatic carbocycles. The molecule has 2 aromatic rings. The summed E-state index contributed by atoms with van der Waals surface area (Å²) in [6.45, 7) is 7.82. The van der Waals surface area contributed by atoms with Gasteiger partial charge in [-0.2, -0.15) is 0 Å². The lowest BCUT2D eigenvalue weighted by Crippen LogP contribution is -2.08. The fourth-order valence-electron chi connectivity index (χ4n) is 3.75. The van der Waals surface area contributed by atoms with E-state index < -0.39 is 0 Å². The van der Waals surface area contributed by atoms with Crippen LogP contribution >= 0.6 is 0 Å². The third-order valence-corrected chi connectivity index (χ3v) is 5.37. The van der Waals surface area contributed by atoms with Gasteiger partial charge in [0.05, 0.1) is 24.6 Å². The van der Waals surface area contributed by atoms with Gasteiger partial charge < -0.3 is 19.4 Å². The molecule has 0 aliphatic rings. The summed E-state index contributed by atoms with van der Waals surface area (Å²) < 4.78 is 10.0. The van der Waals surface area contributed by atoms with Crippen molar-refractivity contribution >= 4 is 24.5 Å². The van der Waals surface area contributed by atoms with Crippen molar-refractivity contribution in [2.24, 2.45) is 0 Å². The highest BCUT2D eigenvalue weighted by Gasteiger charge is 2.20. The van der Waals surface area contributed by atoms with Gasteiger partial charge in [-0.1, -0.05) is 0 Å². The predicted octanol–water partition coefficient (Wildman–Crippen LogP) is 3.17. The van der Waals surface area contributed by atoms with Gasteiger partial charge in [0.25, 0.3) is 0 Å². The van der Waals surface area contributed by atoms with Crippen LogP contribution in [0.5, 0.6) is 0 Å². The number of aromatic amines is 2. The molecular weight excluding hydrogens is 400 g/mol. The molecule has 0 amide bonds. The summed E-state index contributed by atoms with van der Waals surface area (Å²) in [6.07, 6.45) is 3.19. The number of ether oxygens (including phenoxy) is 2.